The van der Waals surface area contributed by atoms with E-state index in [1.165, 1.54) is 11.8 Å². The Morgan fingerprint density at radius 3 is 2.43 bits per heavy atom. The number of hydrogen-bond donors (Lipinski definition) is 0. The highest BCUT2D eigenvalue weighted by atomic mass is 32.2. The van der Waals surface area contributed by atoms with Crippen molar-refractivity contribution in [3.63, 3.8) is 0 Å². The van der Waals surface area contributed by atoms with Crippen LogP contribution in [0.5, 0.6) is 0 Å². The van der Waals surface area contributed by atoms with Crippen molar-refractivity contribution in [2.24, 2.45) is 0 Å². The lowest BCUT2D eigenvalue weighted by Crippen LogP contribution is -2.41. The van der Waals surface area contributed by atoms with Crippen molar-refractivity contribution in [1.82, 2.24) is 4.98 Å². The molecule has 1 aromatic rings. The minimum Gasteiger partial charge on any atom is -0.399 e. The van der Waals surface area contributed by atoms with Gasteiger partial charge in [0.2, 0.25) is 0 Å². The first-order valence-corrected chi connectivity index (χ1v) is 8.81. The van der Waals surface area contributed by atoms with Crippen LogP contribution in [0, 0.1) is 0 Å². The molecule has 1 saturated heterocycles. The van der Waals surface area contributed by atoms with Gasteiger partial charge in [0.05, 0.1) is 16.9 Å². The molecule has 0 bridgehead atoms. The van der Waals surface area contributed by atoms with Gasteiger partial charge < -0.3 is 9.31 Å². The molecule has 0 aliphatic carbocycles. The third-order valence-corrected chi connectivity index (χ3v) is 5.06. The highest BCUT2D eigenvalue weighted by Gasteiger charge is 2.51. The molecule has 2 heterocycles. The van der Waals surface area contributed by atoms with E-state index in [-0.39, 0.29) is 23.4 Å². The van der Waals surface area contributed by atoms with Crippen molar-refractivity contribution >= 4 is 35.5 Å². The quantitative estimate of drug-likeness (QED) is 0.612. The van der Waals surface area contributed by atoms with Gasteiger partial charge in [0.1, 0.15) is 0 Å². The van der Waals surface area contributed by atoms with E-state index in [0.29, 0.717) is 0 Å². The van der Waals surface area contributed by atoms with Crippen molar-refractivity contribution in [3.8, 4) is 0 Å². The van der Waals surface area contributed by atoms with Gasteiger partial charge in [-0.3, -0.25) is 9.78 Å². The Kier molecular flexibility index (Phi) is 5.71. The summed E-state index contributed by atoms with van der Waals surface area (Å²) in [5, 5.41) is 0.156. The Balaban J connectivity index is 1.93. The first-order chi connectivity index (χ1) is 10.7. The molecular weight excluding hydrogens is 309 g/mol. The van der Waals surface area contributed by atoms with Gasteiger partial charge in [-0.05, 0) is 46.3 Å². The predicted molar refractivity (Wildman–Crippen MR) is 96.7 cm³/mol. The van der Waals surface area contributed by atoms with Crippen LogP contribution in [-0.2, 0) is 14.1 Å². The topological polar surface area (TPSA) is 48.4 Å². The highest BCUT2D eigenvalue weighted by Crippen LogP contribution is 2.36. The third kappa shape index (κ3) is 4.69. The van der Waals surface area contributed by atoms with Crippen molar-refractivity contribution in [1.29, 1.82) is 0 Å². The van der Waals surface area contributed by atoms with Crippen LogP contribution in [-0.4, -0.2) is 34.2 Å². The molecule has 0 atom stereocenters. The van der Waals surface area contributed by atoms with E-state index in [0.717, 1.165) is 23.3 Å². The molecule has 4 nitrogen and oxygen atoms in total. The molecule has 0 amide bonds. The SMILES string of the molecule is CC(=O)SCCC=Cc1ccc(B2OC(C)(C)C(C)(C)O2)cn1. The highest BCUT2D eigenvalue weighted by molar-refractivity contribution is 8.13. The molecule has 1 fully saturated rings. The molecule has 6 heteroatoms. The zero-order chi connectivity index (χ0) is 17.1. The summed E-state index contributed by atoms with van der Waals surface area (Å²) in [6.07, 6.45) is 6.65. The van der Waals surface area contributed by atoms with Gasteiger partial charge in [0, 0.05) is 24.3 Å². The summed E-state index contributed by atoms with van der Waals surface area (Å²) in [7, 11) is -0.377. The molecule has 2 rings (SSSR count). The zero-order valence-corrected chi connectivity index (χ0v) is 15.3. The largest absolute Gasteiger partial charge is 0.496 e. The maximum atomic E-state index is 10.8. The first kappa shape index (κ1) is 18.2. The Morgan fingerprint density at radius 1 is 1.26 bits per heavy atom. The molecule has 124 valence electrons. The number of aromatic nitrogens is 1. The number of carbonyl (C=O) groups excluding carboxylic acids is 1. The van der Waals surface area contributed by atoms with Crippen LogP contribution in [0.2, 0.25) is 0 Å². The number of nitrogens with zero attached hydrogens (tertiary/aromatic N) is 1. The minimum atomic E-state index is -0.377. The van der Waals surface area contributed by atoms with E-state index < -0.39 is 0 Å². The van der Waals surface area contributed by atoms with Gasteiger partial charge in [-0.1, -0.05) is 23.9 Å². The zero-order valence-electron chi connectivity index (χ0n) is 14.5. The Hall–Kier alpha value is -1.11. The van der Waals surface area contributed by atoms with Gasteiger partial charge in [-0.15, -0.1) is 0 Å². The van der Waals surface area contributed by atoms with Crippen molar-refractivity contribution < 1.29 is 14.1 Å². The fourth-order valence-electron chi connectivity index (χ4n) is 2.11. The molecular formula is C17H24BNO3S. The molecule has 1 aromatic heterocycles. The van der Waals surface area contributed by atoms with Crippen LogP contribution in [0.15, 0.2) is 24.4 Å². The van der Waals surface area contributed by atoms with Crippen LogP contribution >= 0.6 is 11.8 Å². The molecule has 1 aliphatic rings. The number of thioether (sulfide) groups is 1. The number of allylic oxidation sites excluding steroid dienone is 1. The standard InChI is InChI=1S/C17H24BNO3S/c1-13(20)23-11-7-6-8-15-10-9-14(12-19-15)18-21-16(2,3)17(4,5)22-18/h6,8-10,12H,7,11H2,1-5H3. The van der Waals surface area contributed by atoms with Gasteiger partial charge in [-0.2, -0.15) is 0 Å². The number of carbonyl (C=O) groups is 1. The van der Waals surface area contributed by atoms with Gasteiger partial charge >= 0.3 is 7.12 Å². The first-order valence-electron chi connectivity index (χ1n) is 7.83. The van der Waals surface area contributed by atoms with Gasteiger partial charge in [0.25, 0.3) is 0 Å². The monoisotopic (exact) mass is 333 g/mol. The second-order valence-corrected chi connectivity index (χ2v) is 7.91. The average molecular weight is 333 g/mol. The van der Waals surface area contributed by atoms with E-state index in [4.69, 9.17) is 9.31 Å². The van der Waals surface area contributed by atoms with Crippen molar-refractivity contribution in [2.75, 3.05) is 5.75 Å². The van der Waals surface area contributed by atoms with Gasteiger partial charge in [0.15, 0.2) is 5.12 Å². The van der Waals surface area contributed by atoms with Crippen LogP contribution in [0.25, 0.3) is 6.08 Å². The number of pyridine rings is 1. The molecule has 23 heavy (non-hydrogen) atoms. The van der Waals surface area contributed by atoms with Crippen LogP contribution in [0.4, 0.5) is 0 Å². The maximum absolute atomic E-state index is 10.8. The Bertz CT molecular complexity index is 568. The predicted octanol–water partition coefficient (Wildman–Crippen LogP) is 3.06. The molecule has 0 aromatic carbocycles. The van der Waals surface area contributed by atoms with Crippen LogP contribution < -0.4 is 5.46 Å². The van der Waals surface area contributed by atoms with E-state index in [2.05, 4.69) is 4.98 Å². The Labute approximate surface area is 143 Å². The summed E-state index contributed by atoms with van der Waals surface area (Å²) >= 11 is 1.34. The summed E-state index contributed by atoms with van der Waals surface area (Å²) in [4.78, 5) is 15.3. The van der Waals surface area contributed by atoms with Crippen LogP contribution in [0.1, 0.15) is 46.7 Å². The van der Waals surface area contributed by atoms with Crippen molar-refractivity contribution in [2.45, 2.75) is 52.2 Å². The summed E-state index contributed by atoms with van der Waals surface area (Å²) in [6, 6.07) is 3.94. The summed E-state index contributed by atoms with van der Waals surface area (Å²) in [6.45, 7) is 9.74. The van der Waals surface area contributed by atoms with Gasteiger partial charge in [-0.25, -0.2) is 0 Å². The lowest BCUT2D eigenvalue weighted by Gasteiger charge is -2.32. The fourth-order valence-corrected chi connectivity index (χ4v) is 2.65. The normalized spacial score (nSPS) is 19.4. The molecule has 1 aliphatic heterocycles. The molecule has 0 unspecified atom stereocenters. The van der Waals surface area contributed by atoms with E-state index in [1.54, 1.807) is 13.1 Å². The maximum Gasteiger partial charge on any atom is 0.496 e. The average Bonchev–Trinajstić information content (AvgIpc) is 2.67. The number of hydrogen-bond acceptors (Lipinski definition) is 5. The van der Waals surface area contributed by atoms with E-state index in [9.17, 15) is 4.79 Å². The fraction of sp³-hybridized carbons (Fsp3) is 0.529. The molecule has 0 radical (unpaired) electrons. The number of rotatable bonds is 5. The summed E-state index contributed by atoms with van der Waals surface area (Å²) in [5.74, 6) is 0.803. The summed E-state index contributed by atoms with van der Waals surface area (Å²) in [5.41, 5.74) is 1.13. The van der Waals surface area contributed by atoms with E-state index in [1.807, 2.05) is 52.0 Å². The smallest absolute Gasteiger partial charge is 0.399 e. The lowest BCUT2D eigenvalue weighted by molar-refractivity contribution is -0.109. The second kappa shape index (κ2) is 7.20. The molecule has 0 N–H and O–H groups in total. The third-order valence-electron chi connectivity index (χ3n) is 4.21. The molecule has 0 spiro atoms. The molecule has 0 saturated carbocycles. The van der Waals surface area contributed by atoms with Crippen LogP contribution in [0.3, 0.4) is 0 Å². The second-order valence-electron chi connectivity index (χ2n) is 6.64. The summed E-state index contributed by atoms with van der Waals surface area (Å²) < 4.78 is 12.0. The van der Waals surface area contributed by atoms with E-state index >= 15 is 0 Å². The lowest BCUT2D eigenvalue weighted by atomic mass is 9.80. The Morgan fingerprint density at radius 2 is 1.91 bits per heavy atom. The minimum absolute atomic E-state index is 0.156. The van der Waals surface area contributed by atoms with Crippen molar-refractivity contribution in [3.05, 3.63) is 30.1 Å².